The first kappa shape index (κ1) is 18.8. The minimum absolute atomic E-state index is 0.155. The predicted octanol–water partition coefficient (Wildman–Crippen LogP) is 3.84. The summed E-state index contributed by atoms with van der Waals surface area (Å²) in [7, 11) is 0. The fourth-order valence-electron chi connectivity index (χ4n) is 1.32. The summed E-state index contributed by atoms with van der Waals surface area (Å²) in [6, 6.07) is 9.79. The van der Waals surface area contributed by atoms with Gasteiger partial charge in [-0.25, -0.2) is 18.7 Å². The smallest absolute Gasteiger partial charge is 0.212 e. The van der Waals surface area contributed by atoms with Gasteiger partial charge in [-0.3, -0.25) is 4.79 Å². The van der Waals surface area contributed by atoms with Crippen molar-refractivity contribution in [2.24, 2.45) is 0 Å². The van der Waals surface area contributed by atoms with Crippen LogP contribution in [0.1, 0.15) is 22.3 Å². The Morgan fingerprint density at radius 3 is 2.18 bits per heavy atom. The van der Waals surface area contributed by atoms with Crippen LogP contribution in [0.5, 0.6) is 0 Å². The molecule has 2 aromatic rings. The molecule has 0 aliphatic rings. The molecule has 22 heavy (non-hydrogen) atoms. The average Bonchev–Trinajstić information content (AvgIpc) is 2.54. The van der Waals surface area contributed by atoms with Gasteiger partial charge < -0.3 is 5.11 Å². The molecule has 2 rings (SSSR count). The number of rotatable bonds is 4. The van der Waals surface area contributed by atoms with Crippen molar-refractivity contribution >= 4 is 37.6 Å². The number of halogens is 4. The first-order valence-corrected chi connectivity index (χ1v) is 7.64. The number of pyridine rings is 2. The highest BCUT2D eigenvalue weighted by Crippen LogP contribution is 2.13. The number of Topliss-reactive ketones (excluding diaryl/α,β-unsaturated/α-hetero) is 1. The predicted molar refractivity (Wildman–Crippen MR) is 85.1 cm³/mol. The molecule has 1 N–H and O–H groups in total. The van der Waals surface area contributed by atoms with Crippen LogP contribution in [0.2, 0.25) is 0 Å². The molecule has 8 heteroatoms. The Bertz CT molecular complexity index is 629. The number of hydrogen-bond acceptors (Lipinski definition) is 4. The van der Waals surface area contributed by atoms with E-state index >= 15 is 0 Å². The van der Waals surface area contributed by atoms with Gasteiger partial charge in [0, 0.05) is 0 Å². The number of hydrogen-bond donors (Lipinski definition) is 1. The van der Waals surface area contributed by atoms with E-state index in [9.17, 15) is 13.6 Å². The maximum Gasteiger partial charge on any atom is 0.212 e. The monoisotopic (exact) mass is 436 g/mol. The van der Waals surface area contributed by atoms with E-state index in [0.717, 1.165) is 0 Å². The van der Waals surface area contributed by atoms with E-state index < -0.39 is 25.2 Å². The van der Waals surface area contributed by atoms with Gasteiger partial charge in [0.1, 0.15) is 27.7 Å². The summed E-state index contributed by atoms with van der Waals surface area (Å²) in [4.78, 5) is 18.3. The fourth-order valence-corrected chi connectivity index (χ4v) is 2.02. The SMILES string of the molecule is O=C(CF)c1cccc(Br)n1.OC(CF)c1cccc(Br)n1. The minimum Gasteiger partial charge on any atom is -0.384 e. The second-order valence-corrected chi connectivity index (χ2v) is 5.58. The van der Waals surface area contributed by atoms with Crippen molar-refractivity contribution in [3.8, 4) is 0 Å². The van der Waals surface area contributed by atoms with Crippen molar-refractivity contribution in [1.82, 2.24) is 9.97 Å². The van der Waals surface area contributed by atoms with Crippen molar-refractivity contribution in [2.45, 2.75) is 6.10 Å². The fraction of sp³-hybridized carbons (Fsp3) is 0.214. The highest BCUT2D eigenvalue weighted by Gasteiger charge is 2.07. The van der Waals surface area contributed by atoms with E-state index in [1.165, 1.54) is 6.07 Å². The Kier molecular flexibility index (Phi) is 8.29. The lowest BCUT2D eigenvalue weighted by Gasteiger charge is -2.04. The van der Waals surface area contributed by atoms with Gasteiger partial charge in [-0.15, -0.1) is 0 Å². The van der Waals surface area contributed by atoms with E-state index in [4.69, 9.17) is 5.11 Å². The van der Waals surface area contributed by atoms with Crippen molar-refractivity contribution in [1.29, 1.82) is 0 Å². The molecule has 2 aromatic heterocycles. The van der Waals surface area contributed by atoms with E-state index in [1.807, 2.05) is 0 Å². The maximum atomic E-state index is 11.9. The van der Waals surface area contributed by atoms with Crippen LogP contribution < -0.4 is 0 Å². The van der Waals surface area contributed by atoms with Gasteiger partial charge in [-0.2, -0.15) is 0 Å². The van der Waals surface area contributed by atoms with Crippen LogP contribution in [-0.4, -0.2) is 34.2 Å². The normalized spacial score (nSPS) is 11.3. The van der Waals surface area contributed by atoms with Gasteiger partial charge in [0.15, 0.2) is 6.67 Å². The zero-order chi connectivity index (χ0) is 16.5. The summed E-state index contributed by atoms with van der Waals surface area (Å²) in [6.07, 6.45) is -1.10. The van der Waals surface area contributed by atoms with Gasteiger partial charge in [0.2, 0.25) is 5.78 Å². The lowest BCUT2D eigenvalue weighted by Crippen LogP contribution is -2.03. The average molecular weight is 438 g/mol. The number of ketones is 1. The molecule has 4 nitrogen and oxygen atoms in total. The molecular weight excluding hydrogens is 426 g/mol. The number of carbonyl (C=O) groups is 1. The molecule has 0 fully saturated rings. The summed E-state index contributed by atoms with van der Waals surface area (Å²) in [5, 5.41) is 9.00. The third-order valence-corrected chi connectivity index (χ3v) is 3.23. The van der Waals surface area contributed by atoms with Gasteiger partial charge in [-0.1, -0.05) is 12.1 Å². The number of carbonyl (C=O) groups excluding carboxylic acids is 1. The third-order valence-electron chi connectivity index (χ3n) is 2.35. The van der Waals surface area contributed by atoms with Gasteiger partial charge >= 0.3 is 0 Å². The first-order chi connectivity index (χ1) is 10.5. The Hall–Kier alpha value is -1.25. The maximum absolute atomic E-state index is 11.9. The van der Waals surface area contributed by atoms with Crippen molar-refractivity contribution in [3.05, 3.63) is 57.0 Å². The van der Waals surface area contributed by atoms with Gasteiger partial charge in [0.05, 0.1) is 5.69 Å². The molecule has 0 amide bonds. The number of nitrogens with zero attached hydrogens (tertiary/aromatic N) is 2. The molecule has 0 spiro atoms. The molecule has 0 saturated carbocycles. The zero-order valence-electron chi connectivity index (χ0n) is 11.2. The van der Waals surface area contributed by atoms with Crippen LogP contribution in [0.4, 0.5) is 8.78 Å². The molecule has 0 aromatic carbocycles. The summed E-state index contributed by atoms with van der Waals surface area (Å²) in [5.41, 5.74) is 0.503. The molecule has 118 valence electrons. The molecule has 0 saturated heterocycles. The van der Waals surface area contributed by atoms with Gasteiger partial charge in [0.25, 0.3) is 0 Å². The van der Waals surface area contributed by atoms with Crippen LogP contribution in [0.3, 0.4) is 0 Å². The lowest BCUT2D eigenvalue weighted by molar-refractivity contribution is 0.0953. The van der Waals surface area contributed by atoms with E-state index in [1.54, 1.807) is 30.3 Å². The molecule has 0 radical (unpaired) electrons. The summed E-state index contributed by atoms with van der Waals surface area (Å²) in [5.74, 6) is -0.591. The van der Waals surface area contributed by atoms with Crippen LogP contribution in [-0.2, 0) is 0 Å². The topological polar surface area (TPSA) is 63.1 Å². The van der Waals surface area contributed by atoms with Crippen molar-refractivity contribution < 1.29 is 18.7 Å². The second-order valence-electron chi connectivity index (χ2n) is 3.96. The van der Waals surface area contributed by atoms with E-state index in [2.05, 4.69) is 41.8 Å². The Morgan fingerprint density at radius 2 is 1.68 bits per heavy atom. The summed E-state index contributed by atoms with van der Waals surface area (Å²) >= 11 is 6.19. The second kappa shape index (κ2) is 9.70. The lowest BCUT2D eigenvalue weighted by atomic mass is 10.2. The first-order valence-electron chi connectivity index (χ1n) is 6.06. The summed E-state index contributed by atoms with van der Waals surface area (Å²) in [6.45, 7) is -1.80. The largest absolute Gasteiger partial charge is 0.384 e. The standard InChI is InChI=1S/C7H7BrFNO.C7H5BrFNO/c2*8-7-3-1-2-5(10-7)6(11)4-9/h1-3,6,11H,4H2;1-3H,4H2. The van der Waals surface area contributed by atoms with Crippen LogP contribution in [0.15, 0.2) is 45.6 Å². The molecule has 1 atom stereocenters. The number of aromatic nitrogens is 2. The van der Waals surface area contributed by atoms with Gasteiger partial charge in [-0.05, 0) is 56.1 Å². The number of aliphatic hydroxyl groups excluding tert-OH is 1. The number of alkyl halides is 2. The Balaban J connectivity index is 0.000000220. The highest BCUT2D eigenvalue weighted by atomic mass is 79.9. The molecule has 2 heterocycles. The van der Waals surface area contributed by atoms with Crippen LogP contribution in [0, 0.1) is 0 Å². The quantitative estimate of drug-likeness (QED) is 0.583. The van der Waals surface area contributed by atoms with Crippen molar-refractivity contribution in [3.63, 3.8) is 0 Å². The van der Waals surface area contributed by atoms with Crippen LogP contribution in [0.25, 0.3) is 0 Å². The third kappa shape index (κ3) is 6.25. The highest BCUT2D eigenvalue weighted by molar-refractivity contribution is 9.10. The minimum atomic E-state index is -1.10. The van der Waals surface area contributed by atoms with E-state index in [-0.39, 0.29) is 5.69 Å². The molecular formula is C14H12Br2F2N2O2. The van der Waals surface area contributed by atoms with E-state index in [0.29, 0.717) is 14.9 Å². The zero-order valence-corrected chi connectivity index (χ0v) is 14.4. The van der Waals surface area contributed by atoms with Crippen molar-refractivity contribution in [2.75, 3.05) is 13.3 Å². The molecule has 1 unspecified atom stereocenters. The molecule has 0 bridgehead atoms. The molecule has 0 aliphatic heterocycles. The summed E-state index contributed by atoms with van der Waals surface area (Å²) < 4.78 is 24.8. The number of aliphatic hydroxyl groups is 1. The molecule has 0 aliphatic carbocycles. The Labute approximate surface area is 142 Å². The Morgan fingerprint density at radius 1 is 1.09 bits per heavy atom. The van der Waals surface area contributed by atoms with Crippen LogP contribution >= 0.6 is 31.9 Å².